The van der Waals surface area contributed by atoms with Crippen LogP contribution in [-0.4, -0.2) is 23.4 Å². The maximum absolute atomic E-state index is 9.73. The van der Waals surface area contributed by atoms with Gasteiger partial charge in [0.2, 0.25) is 0 Å². The molecule has 106 valence electrons. The van der Waals surface area contributed by atoms with Crippen molar-refractivity contribution < 1.29 is 14.6 Å². The van der Waals surface area contributed by atoms with Gasteiger partial charge >= 0.3 is 0 Å². The van der Waals surface area contributed by atoms with E-state index in [9.17, 15) is 5.11 Å². The molecule has 3 nitrogen and oxygen atoms in total. The van der Waals surface area contributed by atoms with Crippen LogP contribution in [0.1, 0.15) is 45.3 Å². The normalized spacial score (nSPS) is 23.3. The summed E-state index contributed by atoms with van der Waals surface area (Å²) in [6.07, 6.45) is 1.57. The largest absolute Gasteiger partial charge is 0.490 e. The zero-order chi connectivity index (χ0) is 14.0. The number of hydrogen-bond donors (Lipinski definition) is 1. The lowest BCUT2D eigenvalue weighted by Crippen LogP contribution is -2.24. The molecule has 1 unspecified atom stereocenters. The monoisotopic (exact) mass is 284 g/mol. The Morgan fingerprint density at radius 3 is 2.84 bits per heavy atom. The molecular formula is C15H21ClO3. The van der Waals surface area contributed by atoms with Crippen molar-refractivity contribution in [3.63, 3.8) is 0 Å². The van der Waals surface area contributed by atoms with Crippen LogP contribution >= 0.6 is 11.6 Å². The molecular weight excluding hydrogens is 264 g/mol. The maximum atomic E-state index is 9.73. The van der Waals surface area contributed by atoms with Crippen molar-refractivity contribution in [1.82, 2.24) is 0 Å². The number of ether oxygens (including phenoxy) is 2. The molecule has 1 heterocycles. The fourth-order valence-corrected chi connectivity index (χ4v) is 2.54. The van der Waals surface area contributed by atoms with E-state index in [1.165, 1.54) is 0 Å². The Labute approximate surface area is 119 Å². The summed E-state index contributed by atoms with van der Waals surface area (Å²) in [6.45, 7) is 6.39. The molecule has 2 atom stereocenters. The third kappa shape index (κ3) is 3.85. The van der Waals surface area contributed by atoms with Gasteiger partial charge in [0.25, 0.3) is 0 Å². The van der Waals surface area contributed by atoms with Gasteiger partial charge in [-0.2, -0.15) is 0 Å². The number of halogens is 1. The number of benzene rings is 1. The molecule has 0 aromatic heterocycles. The van der Waals surface area contributed by atoms with Crippen LogP contribution in [0.2, 0.25) is 5.02 Å². The van der Waals surface area contributed by atoms with Crippen LogP contribution in [0.5, 0.6) is 5.75 Å². The third-order valence-electron chi connectivity index (χ3n) is 3.40. The smallest absolute Gasteiger partial charge is 0.125 e. The molecule has 0 saturated carbocycles. The van der Waals surface area contributed by atoms with Crippen LogP contribution in [-0.2, 0) is 4.74 Å². The third-order valence-corrected chi connectivity index (χ3v) is 3.64. The minimum Gasteiger partial charge on any atom is -0.490 e. The van der Waals surface area contributed by atoms with E-state index in [1.54, 1.807) is 25.1 Å². The molecule has 4 heteroatoms. The highest BCUT2D eigenvalue weighted by atomic mass is 35.5. The predicted molar refractivity (Wildman–Crippen MR) is 75.8 cm³/mol. The van der Waals surface area contributed by atoms with Crippen LogP contribution in [0, 0.1) is 0 Å². The van der Waals surface area contributed by atoms with Crippen LogP contribution in [0.4, 0.5) is 0 Å². The first-order valence-electron chi connectivity index (χ1n) is 6.65. The molecule has 1 aliphatic heterocycles. The van der Waals surface area contributed by atoms with Gasteiger partial charge in [-0.3, -0.25) is 0 Å². The SMILES string of the molecule is C[C@H](O)c1cc(Cl)ccc1OCC1CCC(C)(C)O1. The Kier molecular flexibility index (Phi) is 4.39. The zero-order valence-corrected chi connectivity index (χ0v) is 12.4. The Balaban J connectivity index is 2.00. The highest BCUT2D eigenvalue weighted by molar-refractivity contribution is 6.30. The molecule has 1 saturated heterocycles. The van der Waals surface area contributed by atoms with E-state index in [1.807, 2.05) is 0 Å². The summed E-state index contributed by atoms with van der Waals surface area (Å²) in [7, 11) is 0. The Hall–Kier alpha value is -0.770. The summed E-state index contributed by atoms with van der Waals surface area (Å²) < 4.78 is 11.7. The predicted octanol–water partition coefficient (Wildman–Crippen LogP) is 3.73. The molecule has 0 amide bonds. The summed E-state index contributed by atoms with van der Waals surface area (Å²) in [5, 5.41) is 10.3. The number of aliphatic hydroxyl groups excluding tert-OH is 1. The summed E-state index contributed by atoms with van der Waals surface area (Å²) in [5.74, 6) is 0.674. The summed E-state index contributed by atoms with van der Waals surface area (Å²) in [5.41, 5.74) is 0.658. The lowest BCUT2D eigenvalue weighted by molar-refractivity contribution is -0.0329. The maximum Gasteiger partial charge on any atom is 0.125 e. The first-order valence-corrected chi connectivity index (χ1v) is 7.03. The van der Waals surface area contributed by atoms with Gasteiger partial charge in [-0.15, -0.1) is 0 Å². The quantitative estimate of drug-likeness (QED) is 0.915. The zero-order valence-electron chi connectivity index (χ0n) is 11.6. The van der Waals surface area contributed by atoms with Crippen molar-refractivity contribution in [2.45, 2.75) is 51.4 Å². The lowest BCUT2D eigenvalue weighted by atomic mass is 10.1. The van der Waals surface area contributed by atoms with E-state index >= 15 is 0 Å². The Morgan fingerprint density at radius 1 is 1.53 bits per heavy atom. The number of rotatable bonds is 4. The molecule has 1 fully saturated rings. The molecule has 1 aromatic carbocycles. The minimum absolute atomic E-state index is 0.0544. The van der Waals surface area contributed by atoms with Gasteiger partial charge in [0.1, 0.15) is 12.4 Å². The van der Waals surface area contributed by atoms with Gasteiger partial charge in [0, 0.05) is 10.6 Å². The Morgan fingerprint density at radius 2 is 2.26 bits per heavy atom. The highest BCUT2D eigenvalue weighted by Crippen LogP contribution is 2.32. The van der Waals surface area contributed by atoms with Crippen molar-refractivity contribution in [2.75, 3.05) is 6.61 Å². The van der Waals surface area contributed by atoms with E-state index in [-0.39, 0.29) is 11.7 Å². The van der Waals surface area contributed by atoms with Crippen LogP contribution in [0.25, 0.3) is 0 Å². The van der Waals surface area contributed by atoms with E-state index in [4.69, 9.17) is 21.1 Å². The number of aliphatic hydroxyl groups is 1. The fraction of sp³-hybridized carbons (Fsp3) is 0.600. The molecule has 19 heavy (non-hydrogen) atoms. The van der Waals surface area contributed by atoms with Gasteiger partial charge in [0.15, 0.2) is 0 Å². The first-order chi connectivity index (χ1) is 8.87. The molecule has 1 aromatic rings. The lowest BCUT2D eigenvalue weighted by Gasteiger charge is -2.20. The summed E-state index contributed by atoms with van der Waals surface area (Å²) in [4.78, 5) is 0. The molecule has 0 bridgehead atoms. The van der Waals surface area contributed by atoms with Crippen LogP contribution in [0.3, 0.4) is 0 Å². The number of hydrogen-bond acceptors (Lipinski definition) is 3. The van der Waals surface area contributed by atoms with Gasteiger partial charge in [0.05, 0.1) is 17.8 Å². The van der Waals surface area contributed by atoms with Crippen molar-refractivity contribution >= 4 is 11.6 Å². The summed E-state index contributed by atoms with van der Waals surface area (Å²) >= 11 is 5.93. The molecule has 0 aliphatic carbocycles. The fourth-order valence-electron chi connectivity index (χ4n) is 2.35. The van der Waals surface area contributed by atoms with Gasteiger partial charge < -0.3 is 14.6 Å². The van der Waals surface area contributed by atoms with Crippen molar-refractivity contribution in [1.29, 1.82) is 0 Å². The van der Waals surface area contributed by atoms with E-state index in [0.717, 1.165) is 12.8 Å². The molecule has 0 radical (unpaired) electrons. The second-order valence-electron chi connectivity index (χ2n) is 5.71. The Bertz CT molecular complexity index is 443. The minimum atomic E-state index is -0.602. The van der Waals surface area contributed by atoms with Crippen LogP contribution in [0.15, 0.2) is 18.2 Å². The van der Waals surface area contributed by atoms with Gasteiger partial charge in [-0.1, -0.05) is 11.6 Å². The summed E-state index contributed by atoms with van der Waals surface area (Å²) in [6, 6.07) is 5.30. The van der Waals surface area contributed by atoms with Crippen molar-refractivity contribution in [3.05, 3.63) is 28.8 Å². The van der Waals surface area contributed by atoms with Crippen molar-refractivity contribution in [2.24, 2.45) is 0 Å². The topological polar surface area (TPSA) is 38.7 Å². The van der Waals surface area contributed by atoms with Gasteiger partial charge in [-0.25, -0.2) is 0 Å². The van der Waals surface area contributed by atoms with E-state index in [2.05, 4.69) is 13.8 Å². The molecule has 0 spiro atoms. The second-order valence-corrected chi connectivity index (χ2v) is 6.14. The van der Waals surface area contributed by atoms with Gasteiger partial charge in [-0.05, 0) is 51.8 Å². The molecule has 1 N–H and O–H groups in total. The average Bonchev–Trinajstić information content (AvgIpc) is 2.67. The van der Waals surface area contributed by atoms with Crippen LogP contribution < -0.4 is 4.74 Å². The second kappa shape index (κ2) is 5.70. The standard InChI is InChI=1S/C15H21ClO3/c1-10(17)13-8-11(16)4-5-14(13)18-9-12-6-7-15(2,3)19-12/h4-5,8,10,12,17H,6-7,9H2,1-3H3/t10-,12?/m0/s1. The van der Waals surface area contributed by atoms with E-state index in [0.29, 0.717) is 22.9 Å². The average molecular weight is 285 g/mol. The van der Waals surface area contributed by atoms with E-state index < -0.39 is 6.10 Å². The highest BCUT2D eigenvalue weighted by Gasteiger charge is 2.32. The van der Waals surface area contributed by atoms with Crippen molar-refractivity contribution in [3.8, 4) is 5.75 Å². The first kappa shape index (κ1) is 14.6. The molecule has 2 rings (SSSR count). The molecule has 1 aliphatic rings.